The highest BCUT2D eigenvalue weighted by Crippen LogP contribution is 2.69. The van der Waals surface area contributed by atoms with Gasteiger partial charge in [0.1, 0.15) is 0 Å². The Hall–Kier alpha value is 0.560. The predicted molar refractivity (Wildman–Crippen MR) is 72.7 cm³/mol. The second kappa shape index (κ2) is 6.82. The largest absolute Gasteiger partial charge is 0.355 e. The van der Waals surface area contributed by atoms with Crippen molar-refractivity contribution in [2.45, 2.75) is 30.9 Å². The van der Waals surface area contributed by atoms with E-state index in [-0.39, 0.29) is 4.90 Å². The minimum atomic E-state index is -5.72. The van der Waals surface area contributed by atoms with Crippen molar-refractivity contribution < 1.29 is 57.4 Å². The molecule has 0 aliphatic heterocycles. The van der Waals surface area contributed by atoms with Gasteiger partial charge in [0, 0.05) is 6.04 Å². The molecule has 0 radical (unpaired) electrons. The fraction of sp³-hybridized carbons (Fsp3) is 1.00. The van der Waals surface area contributed by atoms with Crippen molar-refractivity contribution in [3.63, 3.8) is 0 Å². The first-order valence-corrected chi connectivity index (χ1v) is 12.0. The van der Waals surface area contributed by atoms with Gasteiger partial charge in [0.05, 0.1) is 0 Å². The third-order valence-electron chi connectivity index (χ3n) is 2.33. The van der Waals surface area contributed by atoms with E-state index >= 15 is 0 Å². The Kier molecular flexibility index (Phi) is 6.99. The number of rotatable bonds is 7. The third kappa shape index (κ3) is 5.89. The van der Waals surface area contributed by atoms with Gasteiger partial charge in [-0.25, -0.2) is 0 Å². The predicted octanol–water partition coefficient (Wildman–Crippen LogP) is -1.03. The Morgan fingerprint density at radius 3 is 0.864 bits per heavy atom. The van der Waals surface area contributed by atoms with E-state index in [1.54, 1.807) is 0 Å². The fourth-order valence-electron chi connectivity index (χ4n) is 1.74. The van der Waals surface area contributed by atoms with E-state index in [4.69, 9.17) is 39.1 Å². The minimum Gasteiger partial charge on any atom is -0.323 e. The lowest BCUT2D eigenvalue weighted by atomic mass is 10.4. The fourth-order valence-corrected chi connectivity index (χ4v) is 8.28. The Labute approximate surface area is 124 Å². The van der Waals surface area contributed by atoms with Crippen LogP contribution in [-0.2, 0) is 18.3 Å². The SMILES string of the molecule is CC(C)N(C(P(=O)(O)O)P(=O)(O)O)C(P(=O)(O)O)P(=O)(O)O. The number of hydrogen-bond acceptors (Lipinski definition) is 5. The maximum Gasteiger partial charge on any atom is 0.355 e. The van der Waals surface area contributed by atoms with Gasteiger partial charge in [-0.3, -0.25) is 23.2 Å². The Bertz CT molecular complexity index is 486. The third-order valence-corrected chi connectivity index (χ3v) is 9.42. The summed E-state index contributed by atoms with van der Waals surface area (Å²) < 4.78 is 45.3. The van der Waals surface area contributed by atoms with Gasteiger partial charge >= 0.3 is 30.4 Å². The van der Waals surface area contributed by atoms with E-state index in [1.165, 1.54) is 0 Å². The molecule has 0 heterocycles. The highest BCUT2D eigenvalue weighted by Gasteiger charge is 2.59. The highest BCUT2D eigenvalue weighted by molar-refractivity contribution is 7.72. The Morgan fingerprint density at radius 1 is 0.591 bits per heavy atom. The molecule has 22 heavy (non-hydrogen) atoms. The molecule has 0 saturated carbocycles. The maximum absolute atomic E-state index is 11.3. The molecule has 0 amide bonds. The van der Waals surface area contributed by atoms with Gasteiger partial charge in [-0.05, 0) is 13.8 Å². The summed E-state index contributed by atoms with van der Waals surface area (Å²) >= 11 is 0. The van der Waals surface area contributed by atoms with Crippen LogP contribution >= 0.6 is 30.4 Å². The lowest BCUT2D eigenvalue weighted by Gasteiger charge is -2.40. The molecule has 0 fully saturated rings. The number of nitrogens with zero attached hydrogens (tertiary/aromatic N) is 1. The number of hydrogen-bond donors (Lipinski definition) is 8. The summed E-state index contributed by atoms with van der Waals surface area (Å²) in [4.78, 5) is 72.5. The Morgan fingerprint density at radius 2 is 0.773 bits per heavy atom. The average molecular weight is 407 g/mol. The zero-order valence-electron chi connectivity index (χ0n) is 11.2. The summed E-state index contributed by atoms with van der Waals surface area (Å²) in [7, 11) is -22.9. The van der Waals surface area contributed by atoms with Crippen LogP contribution in [0.2, 0.25) is 0 Å². The van der Waals surface area contributed by atoms with Crippen molar-refractivity contribution in [1.29, 1.82) is 0 Å². The molecule has 0 atom stereocenters. The highest BCUT2D eigenvalue weighted by atomic mass is 31.2. The molecular formula is C5H17NO12P4. The van der Waals surface area contributed by atoms with Gasteiger partial charge in [-0.2, -0.15) is 0 Å². The van der Waals surface area contributed by atoms with E-state index in [0.717, 1.165) is 13.8 Å². The quantitative estimate of drug-likeness (QED) is 0.236. The molecule has 13 nitrogen and oxygen atoms in total. The zero-order valence-corrected chi connectivity index (χ0v) is 14.8. The second-order valence-corrected chi connectivity index (χ2v) is 12.1. The first-order valence-electron chi connectivity index (χ1n) is 5.29. The summed E-state index contributed by atoms with van der Waals surface area (Å²) in [5.41, 5.74) is -6.24. The van der Waals surface area contributed by atoms with Crippen LogP contribution in [-0.4, -0.2) is 61.1 Å². The van der Waals surface area contributed by atoms with Crippen LogP contribution in [0.15, 0.2) is 0 Å². The summed E-state index contributed by atoms with van der Waals surface area (Å²) in [6.07, 6.45) is 0. The van der Waals surface area contributed by atoms with Crippen LogP contribution in [0.5, 0.6) is 0 Å². The lowest BCUT2D eigenvalue weighted by molar-refractivity contribution is 0.169. The first kappa shape index (κ1) is 22.6. The van der Waals surface area contributed by atoms with Crippen LogP contribution in [0, 0.1) is 0 Å². The van der Waals surface area contributed by atoms with E-state index in [9.17, 15) is 18.3 Å². The van der Waals surface area contributed by atoms with Gasteiger partial charge in [-0.1, -0.05) is 0 Å². The second-order valence-electron chi connectivity index (χ2n) is 4.59. The average Bonchev–Trinajstić information content (AvgIpc) is 2.06. The molecule has 0 bridgehead atoms. The normalized spacial score (nSPS) is 15.4. The van der Waals surface area contributed by atoms with Gasteiger partial charge in [-0.15, -0.1) is 0 Å². The Balaban J connectivity index is 6.54. The van der Waals surface area contributed by atoms with Crippen molar-refractivity contribution in [2.24, 2.45) is 0 Å². The molecule has 0 aromatic carbocycles. The molecule has 0 aromatic rings. The molecule has 0 aromatic heterocycles. The summed E-state index contributed by atoms with van der Waals surface area (Å²) in [5.74, 6) is 0. The zero-order chi connectivity index (χ0) is 18.3. The molecule has 0 aliphatic carbocycles. The van der Waals surface area contributed by atoms with E-state index in [1.807, 2.05) is 0 Å². The van der Waals surface area contributed by atoms with E-state index in [0.29, 0.717) is 0 Å². The molecule has 17 heteroatoms. The summed E-state index contributed by atoms with van der Waals surface area (Å²) in [6.45, 7) is 1.99. The topological polar surface area (TPSA) is 233 Å². The maximum atomic E-state index is 11.3. The molecule has 134 valence electrons. The van der Waals surface area contributed by atoms with E-state index in [2.05, 4.69) is 0 Å². The molecule has 0 saturated heterocycles. The van der Waals surface area contributed by atoms with Gasteiger partial charge in [0.15, 0.2) is 0 Å². The van der Waals surface area contributed by atoms with Crippen LogP contribution in [0.3, 0.4) is 0 Å². The molecule has 0 spiro atoms. The van der Waals surface area contributed by atoms with Crippen LogP contribution in [0.25, 0.3) is 0 Å². The molecule has 0 aliphatic rings. The van der Waals surface area contributed by atoms with Crippen molar-refractivity contribution in [3.8, 4) is 0 Å². The van der Waals surface area contributed by atoms with E-state index < -0.39 is 47.5 Å². The molecule has 0 unspecified atom stereocenters. The standard InChI is InChI=1S/C5H17NO12P4/c1-3(2)6(4(19(7,8)9)20(10,11)12)5(21(13,14)15)22(16,17)18/h3-5H,1-2H3,(H2,7,8,9)(H2,10,11,12)(H2,13,14,15)(H2,16,17,18). The van der Waals surface area contributed by atoms with Crippen molar-refractivity contribution >= 4 is 30.4 Å². The monoisotopic (exact) mass is 407 g/mol. The lowest BCUT2D eigenvalue weighted by Crippen LogP contribution is -2.47. The van der Waals surface area contributed by atoms with Crippen molar-refractivity contribution in [3.05, 3.63) is 0 Å². The summed E-state index contributed by atoms with van der Waals surface area (Å²) in [5, 5.41) is 0. The summed E-state index contributed by atoms with van der Waals surface area (Å²) in [6, 6.07) is -1.43. The smallest absolute Gasteiger partial charge is 0.323 e. The minimum absolute atomic E-state index is 0.219. The van der Waals surface area contributed by atoms with Crippen molar-refractivity contribution in [2.75, 3.05) is 0 Å². The van der Waals surface area contributed by atoms with Crippen LogP contribution in [0.4, 0.5) is 0 Å². The molecule has 8 N–H and O–H groups in total. The first-order chi connectivity index (χ1) is 9.31. The van der Waals surface area contributed by atoms with Crippen molar-refractivity contribution in [1.82, 2.24) is 4.90 Å². The van der Waals surface area contributed by atoms with Crippen LogP contribution in [0.1, 0.15) is 13.8 Å². The van der Waals surface area contributed by atoms with Gasteiger partial charge in [0.2, 0.25) is 11.0 Å². The van der Waals surface area contributed by atoms with Gasteiger partial charge in [0.25, 0.3) is 0 Å². The molecule has 0 rings (SSSR count). The van der Waals surface area contributed by atoms with Crippen LogP contribution < -0.4 is 0 Å². The molecular weight excluding hydrogens is 390 g/mol. The van der Waals surface area contributed by atoms with Gasteiger partial charge < -0.3 is 39.1 Å².